The minimum atomic E-state index is -0.398. The Bertz CT molecular complexity index is 161. The zero-order chi connectivity index (χ0) is 9.40. The molecule has 0 saturated carbocycles. The van der Waals surface area contributed by atoms with Crippen LogP contribution in [-0.2, 0) is 4.79 Å². The Morgan fingerprint density at radius 1 is 1.42 bits per heavy atom. The van der Waals surface area contributed by atoms with E-state index < -0.39 is 6.03 Å². The van der Waals surface area contributed by atoms with Gasteiger partial charge >= 0.3 is 6.03 Å². The number of carbonyl (C=O) groups excluding carboxylic acids is 2. The van der Waals surface area contributed by atoms with Crippen LogP contribution in [0.3, 0.4) is 0 Å². The fourth-order valence-corrected chi connectivity index (χ4v) is 0.774. The fourth-order valence-electron chi connectivity index (χ4n) is 0.583. The Hall–Kier alpha value is -0.330. The molecule has 0 atom stereocenters. The van der Waals surface area contributed by atoms with Crippen molar-refractivity contribution in [2.24, 2.45) is 0 Å². The molecule has 0 aliphatic rings. The van der Waals surface area contributed by atoms with E-state index in [1.54, 1.807) is 0 Å². The Balaban J connectivity index is 3.40. The van der Waals surface area contributed by atoms with Gasteiger partial charge in [0.1, 0.15) is 0 Å². The van der Waals surface area contributed by atoms with E-state index >= 15 is 0 Å². The summed E-state index contributed by atoms with van der Waals surface area (Å²) in [5.74, 6) is -0.260. The Kier molecular flexibility index (Phi) is 7.12. The van der Waals surface area contributed by atoms with Crippen LogP contribution in [0.15, 0.2) is 0 Å². The molecule has 0 fully saturated rings. The van der Waals surface area contributed by atoms with Gasteiger partial charge in [-0.2, -0.15) is 0 Å². The van der Waals surface area contributed by atoms with Crippen molar-refractivity contribution >= 4 is 34.5 Å². The van der Waals surface area contributed by atoms with E-state index in [9.17, 15) is 9.59 Å². The molecule has 0 saturated heterocycles. The minimum absolute atomic E-state index is 0.260. The number of alkyl halides is 1. The molecule has 5 heteroatoms. The molecule has 2 N–H and O–H groups in total. The second-order valence-electron chi connectivity index (χ2n) is 2.29. The molecular formula is C7H13IN2O2. The van der Waals surface area contributed by atoms with Crippen LogP contribution in [0.4, 0.5) is 4.79 Å². The Labute approximate surface area is 85.6 Å². The zero-order valence-electron chi connectivity index (χ0n) is 7.02. The Morgan fingerprint density at radius 3 is 2.58 bits per heavy atom. The Morgan fingerprint density at radius 2 is 2.08 bits per heavy atom. The molecule has 0 aromatic rings. The monoisotopic (exact) mass is 284 g/mol. The van der Waals surface area contributed by atoms with Crippen molar-refractivity contribution in [1.29, 1.82) is 0 Å². The van der Waals surface area contributed by atoms with Gasteiger partial charge in [0.15, 0.2) is 0 Å². The predicted molar refractivity (Wildman–Crippen MR) is 55.3 cm³/mol. The SMILES string of the molecule is CCCCNC(=O)NC(=O)CI. The lowest BCUT2D eigenvalue weighted by Gasteiger charge is -2.03. The molecule has 12 heavy (non-hydrogen) atoms. The molecule has 3 amide bonds. The van der Waals surface area contributed by atoms with Gasteiger partial charge in [0.25, 0.3) is 0 Å². The number of rotatable bonds is 4. The summed E-state index contributed by atoms with van der Waals surface area (Å²) in [6.45, 7) is 2.66. The molecule has 0 heterocycles. The van der Waals surface area contributed by atoms with E-state index in [1.807, 2.05) is 29.5 Å². The third kappa shape index (κ3) is 6.38. The lowest BCUT2D eigenvalue weighted by Crippen LogP contribution is -2.40. The number of imide groups is 1. The zero-order valence-corrected chi connectivity index (χ0v) is 9.18. The van der Waals surface area contributed by atoms with Crippen molar-refractivity contribution in [3.63, 3.8) is 0 Å². The molecule has 70 valence electrons. The third-order valence-electron chi connectivity index (χ3n) is 1.19. The maximum absolute atomic E-state index is 10.8. The second kappa shape index (κ2) is 7.33. The molecule has 0 aliphatic carbocycles. The summed E-state index contributed by atoms with van der Waals surface area (Å²) >= 11 is 1.90. The fraction of sp³-hybridized carbons (Fsp3) is 0.714. The van der Waals surface area contributed by atoms with E-state index in [0.717, 1.165) is 12.8 Å². The average Bonchev–Trinajstić information content (AvgIpc) is 2.05. The average molecular weight is 284 g/mol. The highest BCUT2D eigenvalue weighted by atomic mass is 127. The number of hydrogen-bond donors (Lipinski definition) is 2. The first-order valence-corrected chi connectivity index (χ1v) is 5.37. The molecule has 0 unspecified atom stereocenters. The number of urea groups is 1. The quantitative estimate of drug-likeness (QED) is 0.460. The maximum atomic E-state index is 10.8. The van der Waals surface area contributed by atoms with Crippen LogP contribution in [0.25, 0.3) is 0 Å². The van der Waals surface area contributed by atoms with Gasteiger partial charge in [0.05, 0.1) is 4.43 Å². The number of hydrogen-bond acceptors (Lipinski definition) is 2. The van der Waals surface area contributed by atoms with Gasteiger partial charge in [0.2, 0.25) is 5.91 Å². The van der Waals surface area contributed by atoms with Crippen molar-refractivity contribution in [3.05, 3.63) is 0 Å². The summed E-state index contributed by atoms with van der Waals surface area (Å²) in [4.78, 5) is 21.5. The van der Waals surface area contributed by atoms with Crippen molar-refractivity contribution in [3.8, 4) is 0 Å². The van der Waals surface area contributed by atoms with Gasteiger partial charge in [-0.1, -0.05) is 35.9 Å². The summed E-state index contributed by atoms with van der Waals surface area (Å²) in [5.41, 5.74) is 0. The van der Waals surface area contributed by atoms with E-state index in [2.05, 4.69) is 10.6 Å². The molecule has 4 nitrogen and oxygen atoms in total. The summed E-state index contributed by atoms with van der Waals surface area (Å²) in [7, 11) is 0. The van der Waals surface area contributed by atoms with Gasteiger partial charge in [-0.3, -0.25) is 10.1 Å². The maximum Gasteiger partial charge on any atom is 0.321 e. The second-order valence-corrected chi connectivity index (χ2v) is 3.05. The number of nitrogens with one attached hydrogen (secondary N) is 2. The van der Waals surface area contributed by atoms with Crippen LogP contribution in [-0.4, -0.2) is 22.9 Å². The van der Waals surface area contributed by atoms with E-state index in [0.29, 0.717) is 11.0 Å². The van der Waals surface area contributed by atoms with Crippen LogP contribution in [0.1, 0.15) is 19.8 Å². The topological polar surface area (TPSA) is 58.2 Å². The largest absolute Gasteiger partial charge is 0.338 e. The highest BCUT2D eigenvalue weighted by Crippen LogP contribution is 1.83. The van der Waals surface area contributed by atoms with Crippen molar-refractivity contribution in [2.45, 2.75) is 19.8 Å². The molecule has 0 spiro atoms. The smallest absolute Gasteiger partial charge is 0.321 e. The van der Waals surface area contributed by atoms with Crippen molar-refractivity contribution < 1.29 is 9.59 Å². The molecule has 0 aromatic heterocycles. The minimum Gasteiger partial charge on any atom is -0.338 e. The number of carbonyl (C=O) groups is 2. The lowest BCUT2D eigenvalue weighted by molar-refractivity contribution is -0.117. The highest BCUT2D eigenvalue weighted by Gasteiger charge is 2.03. The van der Waals surface area contributed by atoms with Gasteiger partial charge in [-0.25, -0.2) is 4.79 Å². The molecular weight excluding hydrogens is 271 g/mol. The first-order chi connectivity index (χ1) is 5.70. The lowest BCUT2D eigenvalue weighted by atomic mass is 10.3. The normalized spacial score (nSPS) is 9.17. The van der Waals surface area contributed by atoms with Crippen LogP contribution in [0.5, 0.6) is 0 Å². The van der Waals surface area contributed by atoms with E-state index in [1.165, 1.54) is 0 Å². The first kappa shape index (κ1) is 11.7. The summed E-state index contributed by atoms with van der Waals surface area (Å²) in [5, 5.41) is 4.77. The summed E-state index contributed by atoms with van der Waals surface area (Å²) in [6, 6.07) is -0.398. The van der Waals surface area contributed by atoms with Crippen LogP contribution in [0, 0.1) is 0 Å². The van der Waals surface area contributed by atoms with E-state index in [4.69, 9.17) is 0 Å². The number of amides is 3. The molecule has 0 radical (unpaired) electrons. The van der Waals surface area contributed by atoms with Crippen LogP contribution < -0.4 is 10.6 Å². The molecule has 0 bridgehead atoms. The summed E-state index contributed by atoms with van der Waals surface area (Å²) < 4.78 is 0.305. The molecule has 0 aliphatic heterocycles. The van der Waals surface area contributed by atoms with Crippen LogP contribution >= 0.6 is 22.6 Å². The van der Waals surface area contributed by atoms with Gasteiger partial charge in [-0.15, -0.1) is 0 Å². The third-order valence-corrected chi connectivity index (χ3v) is 1.88. The van der Waals surface area contributed by atoms with Crippen LogP contribution in [0.2, 0.25) is 0 Å². The van der Waals surface area contributed by atoms with Gasteiger partial charge in [0, 0.05) is 6.54 Å². The van der Waals surface area contributed by atoms with Crippen molar-refractivity contribution in [2.75, 3.05) is 11.0 Å². The first-order valence-electron chi connectivity index (χ1n) is 3.84. The standard InChI is InChI=1S/C7H13IN2O2/c1-2-3-4-9-7(12)10-6(11)5-8/h2-5H2,1H3,(H2,9,10,11,12). The predicted octanol–water partition coefficient (Wildman–Crippen LogP) is 1.05. The molecule has 0 aromatic carbocycles. The van der Waals surface area contributed by atoms with Gasteiger partial charge in [-0.05, 0) is 6.42 Å². The van der Waals surface area contributed by atoms with E-state index in [-0.39, 0.29) is 5.91 Å². The number of unbranched alkanes of at least 4 members (excludes halogenated alkanes) is 1. The number of halogens is 1. The van der Waals surface area contributed by atoms with Gasteiger partial charge < -0.3 is 5.32 Å². The van der Waals surface area contributed by atoms with Crippen molar-refractivity contribution in [1.82, 2.24) is 10.6 Å². The highest BCUT2D eigenvalue weighted by molar-refractivity contribution is 14.1. The molecule has 0 rings (SSSR count). The summed E-state index contributed by atoms with van der Waals surface area (Å²) in [6.07, 6.45) is 1.96.